The Bertz CT molecular complexity index is 230. The Hall–Kier alpha value is -0.650. The van der Waals surface area contributed by atoms with Crippen LogP contribution in [-0.4, -0.2) is 53.4 Å². The Morgan fingerprint density at radius 2 is 1.71 bits per heavy atom. The molecule has 0 radical (unpaired) electrons. The van der Waals surface area contributed by atoms with Crippen molar-refractivity contribution < 1.29 is 15.0 Å². The van der Waals surface area contributed by atoms with Crippen molar-refractivity contribution in [1.82, 2.24) is 4.90 Å². The van der Waals surface area contributed by atoms with Crippen LogP contribution in [0.1, 0.15) is 32.1 Å². The maximum Gasteiger partial charge on any atom is 0.227 e. The summed E-state index contributed by atoms with van der Waals surface area (Å²) in [7, 11) is 0. The van der Waals surface area contributed by atoms with E-state index in [0.717, 1.165) is 32.1 Å². The molecule has 0 heterocycles. The number of carbonyl (C=O) groups is 1. The van der Waals surface area contributed by atoms with Crippen LogP contribution in [0, 0.1) is 5.92 Å². The maximum absolute atomic E-state index is 12.3. The molecule has 2 atom stereocenters. The van der Waals surface area contributed by atoms with E-state index in [4.69, 9.17) is 15.9 Å². The van der Waals surface area contributed by atoms with Gasteiger partial charge in [-0.1, -0.05) is 19.3 Å². The molecule has 17 heavy (non-hydrogen) atoms. The highest BCUT2D eigenvalue weighted by atomic mass is 16.3. The van der Waals surface area contributed by atoms with Gasteiger partial charge < -0.3 is 20.8 Å². The molecule has 1 aliphatic rings. The number of rotatable bonds is 5. The average Bonchev–Trinajstić information content (AvgIpc) is 2.53. The normalized spacial score (nSPS) is 25.4. The minimum atomic E-state index is -0.143. The van der Waals surface area contributed by atoms with E-state index in [1.54, 1.807) is 0 Å². The van der Waals surface area contributed by atoms with Gasteiger partial charge in [-0.3, -0.25) is 4.79 Å². The summed E-state index contributed by atoms with van der Waals surface area (Å²) in [6.07, 6.45) is 4.98. The van der Waals surface area contributed by atoms with Crippen molar-refractivity contribution in [2.24, 2.45) is 11.7 Å². The van der Waals surface area contributed by atoms with Crippen LogP contribution >= 0.6 is 0 Å². The molecule has 1 aliphatic carbocycles. The molecule has 100 valence electrons. The topological polar surface area (TPSA) is 86.8 Å². The molecule has 0 aromatic rings. The van der Waals surface area contributed by atoms with Gasteiger partial charge in [0.15, 0.2) is 0 Å². The van der Waals surface area contributed by atoms with Gasteiger partial charge in [-0.15, -0.1) is 0 Å². The van der Waals surface area contributed by atoms with E-state index in [9.17, 15) is 4.79 Å². The molecule has 4 N–H and O–H groups in total. The van der Waals surface area contributed by atoms with E-state index in [2.05, 4.69) is 0 Å². The Morgan fingerprint density at radius 3 is 2.29 bits per heavy atom. The number of carbonyl (C=O) groups excluding carboxylic acids is 1. The fraction of sp³-hybridized carbons (Fsp3) is 0.917. The zero-order valence-electron chi connectivity index (χ0n) is 10.3. The van der Waals surface area contributed by atoms with Crippen LogP contribution in [0.4, 0.5) is 0 Å². The summed E-state index contributed by atoms with van der Waals surface area (Å²) in [5, 5.41) is 17.9. The second kappa shape index (κ2) is 7.63. The number of hydrogen-bond acceptors (Lipinski definition) is 4. The SMILES string of the molecule is NC1CCCCCC1C(=O)N(CCO)CCO. The van der Waals surface area contributed by atoms with Crippen molar-refractivity contribution in [2.75, 3.05) is 26.3 Å². The van der Waals surface area contributed by atoms with Gasteiger partial charge >= 0.3 is 0 Å². The molecule has 5 nitrogen and oxygen atoms in total. The first kappa shape index (κ1) is 14.4. The number of aliphatic hydroxyl groups excluding tert-OH is 2. The van der Waals surface area contributed by atoms with Crippen LogP contribution in [0.5, 0.6) is 0 Å². The summed E-state index contributed by atoms with van der Waals surface area (Å²) in [5.74, 6) is -0.155. The van der Waals surface area contributed by atoms with E-state index >= 15 is 0 Å². The summed E-state index contributed by atoms with van der Waals surface area (Å²) in [6.45, 7) is 0.409. The van der Waals surface area contributed by atoms with E-state index in [1.165, 1.54) is 4.90 Å². The van der Waals surface area contributed by atoms with Gasteiger partial charge in [-0.05, 0) is 12.8 Å². The maximum atomic E-state index is 12.3. The van der Waals surface area contributed by atoms with Crippen molar-refractivity contribution >= 4 is 5.91 Å². The Balaban J connectivity index is 2.62. The van der Waals surface area contributed by atoms with E-state index in [-0.39, 0.29) is 44.2 Å². The molecule has 0 aliphatic heterocycles. The van der Waals surface area contributed by atoms with Crippen LogP contribution in [0.15, 0.2) is 0 Å². The summed E-state index contributed by atoms with van der Waals surface area (Å²) in [6, 6.07) is -0.0788. The molecule has 0 saturated heterocycles. The van der Waals surface area contributed by atoms with Gasteiger partial charge in [0, 0.05) is 19.1 Å². The molecule has 1 saturated carbocycles. The van der Waals surface area contributed by atoms with Crippen LogP contribution in [0.3, 0.4) is 0 Å². The molecule has 0 spiro atoms. The van der Waals surface area contributed by atoms with Crippen molar-refractivity contribution in [1.29, 1.82) is 0 Å². The van der Waals surface area contributed by atoms with Gasteiger partial charge in [-0.2, -0.15) is 0 Å². The van der Waals surface area contributed by atoms with E-state index < -0.39 is 0 Å². The molecule has 1 fully saturated rings. The molecular weight excluding hydrogens is 220 g/mol. The van der Waals surface area contributed by atoms with Crippen molar-refractivity contribution in [3.8, 4) is 0 Å². The largest absolute Gasteiger partial charge is 0.395 e. The summed E-state index contributed by atoms with van der Waals surface area (Å²) < 4.78 is 0. The van der Waals surface area contributed by atoms with E-state index in [1.807, 2.05) is 0 Å². The minimum Gasteiger partial charge on any atom is -0.395 e. The van der Waals surface area contributed by atoms with Crippen LogP contribution < -0.4 is 5.73 Å². The molecule has 0 aromatic heterocycles. The molecule has 5 heteroatoms. The highest BCUT2D eigenvalue weighted by molar-refractivity contribution is 5.79. The molecule has 1 amide bonds. The zero-order chi connectivity index (χ0) is 12.7. The van der Waals surface area contributed by atoms with Gasteiger partial charge in [0.1, 0.15) is 0 Å². The minimum absolute atomic E-state index is 0.0116. The lowest BCUT2D eigenvalue weighted by atomic mass is 9.94. The first-order valence-corrected chi connectivity index (χ1v) is 6.46. The lowest BCUT2D eigenvalue weighted by Crippen LogP contribution is -2.45. The zero-order valence-corrected chi connectivity index (χ0v) is 10.3. The van der Waals surface area contributed by atoms with Crippen molar-refractivity contribution in [2.45, 2.75) is 38.1 Å². The van der Waals surface area contributed by atoms with Crippen LogP contribution in [0.25, 0.3) is 0 Å². The first-order valence-electron chi connectivity index (χ1n) is 6.46. The van der Waals surface area contributed by atoms with Crippen LogP contribution in [0.2, 0.25) is 0 Å². The van der Waals surface area contributed by atoms with Crippen molar-refractivity contribution in [3.05, 3.63) is 0 Å². The molecular formula is C12H24N2O3. The highest BCUT2D eigenvalue weighted by Crippen LogP contribution is 2.23. The average molecular weight is 244 g/mol. The molecule has 1 rings (SSSR count). The quantitative estimate of drug-likeness (QED) is 0.580. The number of hydrogen-bond donors (Lipinski definition) is 3. The molecule has 0 bridgehead atoms. The Kier molecular flexibility index (Phi) is 6.47. The van der Waals surface area contributed by atoms with Gasteiger partial charge in [0.05, 0.1) is 19.1 Å². The monoisotopic (exact) mass is 244 g/mol. The second-order valence-corrected chi connectivity index (χ2v) is 4.68. The third-order valence-corrected chi connectivity index (χ3v) is 3.44. The number of nitrogens with zero attached hydrogens (tertiary/aromatic N) is 1. The van der Waals surface area contributed by atoms with E-state index in [0.29, 0.717) is 0 Å². The Labute approximate surface area is 103 Å². The third kappa shape index (κ3) is 4.26. The fourth-order valence-corrected chi connectivity index (χ4v) is 2.45. The van der Waals surface area contributed by atoms with Gasteiger partial charge in [0.2, 0.25) is 5.91 Å². The highest BCUT2D eigenvalue weighted by Gasteiger charge is 2.30. The summed E-state index contributed by atoms with van der Waals surface area (Å²) in [5.41, 5.74) is 6.04. The smallest absolute Gasteiger partial charge is 0.227 e. The van der Waals surface area contributed by atoms with Gasteiger partial charge in [0.25, 0.3) is 0 Å². The second-order valence-electron chi connectivity index (χ2n) is 4.68. The first-order chi connectivity index (χ1) is 8.20. The fourth-order valence-electron chi connectivity index (χ4n) is 2.45. The number of aliphatic hydroxyl groups is 2. The summed E-state index contributed by atoms with van der Waals surface area (Å²) in [4.78, 5) is 13.8. The van der Waals surface area contributed by atoms with Gasteiger partial charge in [-0.25, -0.2) is 0 Å². The predicted molar refractivity (Wildman–Crippen MR) is 65.3 cm³/mol. The summed E-state index contributed by atoms with van der Waals surface area (Å²) >= 11 is 0. The number of amides is 1. The molecule has 0 aromatic carbocycles. The lowest BCUT2D eigenvalue weighted by Gasteiger charge is -2.28. The number of nitrogens with two attached hydrogens (primary N) is 1. The standard InChI is InChI=1S/C12H24N2O3/c13-11-5-3-1-2-4-10(11)12(17)14(6-8-15)7-9-16/h10-11,15-16H,1-9,13H2. The Morgan fingerprint density at radius 1 is 1.12 bits per heavy atom. The molecule has 2 unspecified atom stereocenters. The third-order valence-electron chi connectivity index (χ3n) is 3.44. The lowest BCUT2D eigenvalue weighted by molar-refractivity contribution is -0.137. The predicted octanol–water partition coefficient (Wildman–Crippen LogP) is -0.293. The van der Waals surface area contributed by atoms with Crippen molar-refractivity contribution in [3.63, 3.8) is 0 Å². The van der Waals surface area contributed by atoms with Crippen LogP contribution in [-0.2, 0) is 4.79 Å².